The zero-order valence-corrected chi connectivity index (χ0v) is 12.9. The first-order valence-electron chi connectivity index (χ1n) is 7.95. The average molecular weight is 299 g/mol. The molecule has 0 spiro atoms. The Hall–Kier alpha value is -1.79. The molecule has 2 aliphatic heterocycles. The van der Waals surface area contributed by atoms with E-state index in [1.165, 1.54) is 11.3 Å². The highest BCUT2D eigenvalue weighted by Gasteiger charge is 2.26. The van der Waals surface area contributed by atoms with Gasteiger partial charge in [-0.3, -0.25) is 9.58 Å². The number of aromatic nitrogens is 4. The third-order valence-electron chi connectivity index (χ3n) is 4.72. The van der Waals surface area contributed by atoms with Crippen molar-refractivity contribution in [3.63, 3.8) is 0 Å². The number of nitrogens with zero attached hydrogens (tertiary/aromatic N) is 5. The van der Waals surface area contributed by atoms with Gasteiger partial charge in [-0.2, -0.15) is 5.10 Å². The van der Waals surface area contributed by atoms with Crippen LogP contribution in [0.4, 0.5) is 0 Å². The Balaban J connectivity index is 1.62. The molecular formula is C16H21N5O. The number of rotatable bonds is 2. The fraction of sp³-hybridized carbons (Fsp3) is 0.562. The molecule has 0 aromatic carbocycles. The summed E-state index contributed by atoms with van der Waals surface area (Å²) in [6.07, 6.45) is 8.73. The first kappa shape index (κ1) is 13.8. The molecule has 1 saturated heterocycles. The molecule has 6 heteroatoms. The number of ether oxygens (including phenoxy) is 1. The van der Waals surface area contributed by atoms with Crippen molar-refractivity contribution in [1.29, 1.82) is 0 Å². The summed E-state index contributed by atoms with van der Waals surface area (Å²) in [5.74, 6) is 0. The van der Waals surface area contributed by atoms with Crippen LogP contribution >= 0.6 is 0 Å². The van der Waals surface area contributed by atoms with Gasteiger partial charge in [-0.25, -0.2) is 9.97 Å². The van der Waals surface area contributed by atoms with E-state index < -0.39 is 0 Å². The normalized spacial score (nSPS) is 22.5. The molecule has 1 atom stereocenters. The topological polar surface area (TPSA) is 56.1 Å². The minimum absolute atomic E-state index is 0.573. The maximum atomic E-state index is 5.54. The van der Waals surface area contributed by atoms with Crippen LogP contribution in [-0.4, -0.2) is 57.0 Å². The van der Waals surface area contributed by atoms with E-state index in [-0.39, 0.29) is 0 Å². The average Bonchev–Trinajstić information content (AvgIpc) is 3.15. The van der Waals surface area contributed by atoms with Crippen molar-refractivity contribution >= 4 is 0 Å². The smallest absolute Gasteiger partial charge is 0.116 e. The van der Waals surface area contributed by atoms with Crippen LogP contribution in [0.15, 0.2) is 18.7 Å². The standard InChI is InChI=1S/C16H21N5O/c1-20-9-12(8-19-20)16-14-2-5-21(13-4-7-22-10-13)6-3-15(14)17-11-18-16/h8-9,11,13H,2-7,10H2,1H3/t13-/m0/s1. The first-order valence-corrected chi connectivity index (χ1v) is 7.95. The summed E-state index contributed by atoms with van der Waals surface area (Å²) in [4.78, 5) is 11.6. The van der Waals surface area contributed by atoms with E-state index >= 15 is 0 Å². The summed E-state index contributed by atoms with van der Waals surface area (Å²) < 4.78 is 7.37. The fourth-order valence-corrected chi connectivity index (χ4v) is 3.51. The Bertz CT molecular complexity index is 662. The monoisotopic (exact) mass is 299 g/mol. The maximum absolute atomic E-state index is 5.54. The van der Waals surface area contributed by atoms with Crippen molar-refractivity contribution < 1.29 is 4.74 Å². The first-order chi connectivity index (χ1) is 10.8. The Kier molecular flexibility index (Phi) is 3.63. The Morgan fingerprint density at radius 1 is 1.23 bits per heavy atom. The van der Waals surface area contributed by atoms with E-state index in [4.69, 9.17) is 4.74 Å². The molecule has 0 saturated carbocycles. The molecule has 0 radical (unpaired) electrons. The van der Waals surface area contributed by atoms with Crippen molar-refractivity contribution in [3.8, 4) is 11.3 Å². The van der Waals surface area contributed by atoms with Crippen LogP contribution in [0.3, 0.4) is 0 Å². The largest absolute Gasteiger partial charge is 0.380 e. The van der Waals surface area contributed by atoms with Gasteiger partial charge >= 0.3 is 0 Å². The van der Waals surface area contributed by atoms with E-state index in [0.717, 1.165) is 56.8 Å². The van der Waals surface area contributed by atoms with E-state index in [1.807, 2.05) is 24.1 Å². The lowest BCUT2D eigenvalue weighted by molar-refractivity contribution is 0.147. The van der Waals surface area contributed by atoms with Crippen LogP contribution in [0.5, 0.6) is 0 Å². The molecule has 2 aliphatic rings. The molecule has 4 heterocycles. The highest BCUT2D eigenvalue weighted by molar-refractivity contribution is 5.62. The van der Waals surface area contributed by atoms with Crippen molar-refractivity contribution in [3.05, 3.63) is 30.0 Å². The van der Waals surface area contributed by atoms with Crippen LogP contribution in [-0.2, 0) is 24.6 Å². The van der Waals surface area contributed by atoms with Gasteiger partial charge in [-0.15, -0.1) is 0 Å². The van der Waals surface area contributed by atoms with Gasteiger partial charge in [0.2, 0.25) is 0 Å². The molecule has 1 fully saturated rings. The van der Waals surface area contributed by atoms with Gasteiger partial charge in [0, 0.05) is 62.2 Å². The molecule has 0 N–H and O–H groups in total. The van der Waals surface area contributed by atoms with Crippen LogP contribution in [0.25, 0.3) is 11.3 Å². The Labute approximate surface area is 130 Å². The Morgan fingerprint density at radius 2 is 2.14 bits per heavy atom. The highest BCUT2D eigenvalue weighted by Crippen LogP contribution is 2.26. The van der Waals surface area contributed by atoms with Crippen LogP contribution < -0.4 is 0 Å². The molecule has 4 rings (SSSR count). The summed E-state index contributed by atoms with van der Waals surface area (Å²) in [6.45, 7) is 3.89. The van der Waals surface area contributed by atoms with Crippen molar-refractivity contribution in [2.75, 3.05) is 26.3 Å². The third-order valence-corrected chi connectivity index (χ3v) is 4.72. The van der Waals surface area contributed by atoms with Gasteiger partial charge in [0.25, 0.3) is 0 Å². The van der Waals surface area contributed by atoms with E-state index in [0.29, 0.717) is 6.04 Å². The lowest BCUT2D eigenvalue weighted by atomic mass is 10.0. The number of hydrogen-bond donors (Lipinski definition) is 0. The zero-order valence-electron chi connectivity index (χ0n) is 12.9. The van der Waals surface area contributed by atoms with Gasteiger partial charge in [-0.05, 0) is 12.8 Å². The van der Waals surface area contributed by atoms with E-state index in [1.54, 1.807) is 6.33 Å². The van der Waals surface area contributed by atoms with Crippen molar-refractivity contribution in [1.82, 2.24) is 24.6 Å². The van der Waals surface area contributed by atoms with Crippen LogP contribution in [0.1, 0.15) is 17.7 Å². The highest BCUT2D eigenvalue weighted by atomic mass is 16.5. The molecule has 2 aromatic heterocycles. The number of fused-ring (bicyclic) bond motifs is 1. The minimum atomic E-state index is 0.573. The minimum Gasteiger partial charge on any atom is -0.380 e. The number of hydrogen-bond acceptors (Lipinski definition) is 5. The van der Waals surface area contributed by atoms with Gasteiger partial charge < -0.3 is 4.74 Å². The van der Waals surface area contributed by atoms with Crippen molar-refractivity contribution in [2.45, 2.75) is 25.3 Å². The second kappa shape index (κ2) is 5.78. The lowest BCUT2D eigenvalue weighted by Crippen LogP contribution is -2.37. The van der Waals surface area contributed by atoms with Gasteiger partial charge in [0.15, 0.2) is 0 Å². The van der Waals surface area contributed by atoms with Gasteiger partial charge in [0.1, 0.15) is 6.33 Å². The lowest BCUT2D eigenvalue weighted by Gasteiger charge is -2.25. The maximum Gasteiger partial charge on any atom is 0.116 e. The molecule has 2 aromatic rings. The third kappa shape index (κ3) is 2.53. The molecule has 6 nitrogen and oxygen atoms in total. The zero-order chi connectivity index (χ0) is 14.9. The molecule has 0 aliphatic carbocycles. The van der Waals surface area contributed by atoms with Gasteiger partial charge in [0.05, 0.1) is 18.5 Å². The summed E-state index contributed by atoms with van der Waals surface area (Å²) >= 11 is 0. The van der Waals surface area contributed by atoms with Gasteiger partial charge in [-0.1, -0.05) is 0 Å². The van der Waals surface area contributed by atoms with E-state index in [2.05, 4.69) is 20.0 Å². The molecule has 0 amide bonds. The van der Waals surface area contributed by atoms with Crippen molar-refractivity contribution in [2.24, 2.45) is 7.05 Å². The molecule has 116 valence electrons. The summed E-state index contributed by atoms with van der Waals surface area (Å²) in [7, 11) is 1.94. The molecule has 0 unspecified atom stereocenters. The molecule has 22 heavy (non-hydrogen) atoms. The molecule has 0 bridgehead atoms. The second-order valence-corrected chi connectivity index (χ2v) is 6.10. The SMILES string of the molecule is Cn1cc(-c2ncnc3c2CCN([C@H]2CCOC2)CC3)cn1. The Morgan fingerprint density at radius 3 is 2.91 bits per heavy atom. The van der Waals surface area contributed by atoms with Crippen LogP contribution in [0.2, 0.25) is 0 Å². The summed E-state index contributed by atoms with van der Waals surface area (Å²) in [5.41, 5.74) is 4.61. The van der Waals surface area contributed by atoms with Crippen LogP contribution in [0, 0.1) is 0 Å². The predicted molar refractivity (Wildman–Crippen MR) is 82.4 cm³/mol. The fourth-order valence-electron chi connectivity index (χ4n) is 3.51. The predicted octanol–water partition coefficient (Wildman–Crippen LogP) is 1.07. The molecular weight excluding hydrogens is 278 g/mol. The second-order valence-electron chi connectivity index (χ2n) is 6.10. The number of aryl methyl sites for hydroxylation is 1. The van der Waals surface area contributed by atoms with E-state index in [9.17, 15) is 0 Å². The quantitative estimate of drug-likeness (QED) is 0.830. The summed E-state index contributed by atoms with van der Waals surface area (Å²) in [6, 6.07) is 0.573. The summed E-state index contributed by atoms with van der Waals surface area (Å²) in [5, 5.41) is 4.27.